The minimum absolute atomic E-state index is 0.263. The molecule has 0 saturated heterocycles. The van der Waals surface area contributed by atoms with Gasteiger partial charge in [0.2, 0.25) is 47.3 Å². The number of nitrogens with two attached hydrogens (primary N) is 4. The van der Waals surface area contributed by atoms with Crippen LogP contribution in [0, 0.1) is 0 Å². The number of primary amides is 2. The first kappa shape index (κ1) is 42.1. The fourth-order valence-electron chi connectivity index (χ4n) is 3.59. The molecule has 17 N–H and O–H groups in total. The van der Waals surface area contributed by atoms with E-state index in [1.165, 1.54) is 0 Å². The zero-order valence-electron chi connectivity index (χ0n) is 25.5. The van der Waals surface area contributed by atoms with Crippen LogP contribution >= 0.6 is 0 Å². The van der Waals surface area contributed by atoms with Crippen molar-refractivity contribution in [1.29, 1.82) is 0 Å². The highest BCUT2D eigenvalue weighted by Gasteiger charge is 2.29. The quantitative estimate of drug-likeness (QED) is 0.0422. The summed E-state index contributed by atoms with van der Waals surface area (Å²) in [7, 11) is 0. The molecule has 5 unspecified atom stereocenters. The molecular weight excluding hydrogens is 632 g/mol. The van der Waals surface area contributed by atoms with Gasteiger partial charge in [0.25, 0.3) is 0 Å². The van der Waals surface area contributed by atoms with Gasteiger partial charge in [-0.15, -0.1) is 0 Å². The number of aliphatic carboxylic acids is 1. The molecule has 0 aliphatic rings. The lowest BCUT2D eigenvalue weighted by atomic mass is 10.1. The van der Waals surface area contributed by atoms with Crippen molar-refractivity contribution in [2.24, 2.45) is 22.9 Å². The molecule has 0 aliphatic heterocycles. The van der Waals surface area contributed by atoms with E-state index in [0.29, 0.717) is 19.4 Å². The number of nitrogens with one attached hydrogen (secondary N) is 6. The SMILES string of the molecule is NCCCCC(N)C(=O)NC(CO)C(=O)NC(CCC(N)=O)C(=O)NCC(=O)NCC(=O)NC(CO)C(=O)NC(CC(N)=O)C(=O)O. The highest BCUT2D eigenvalue weighted by molar-refractivity contribution is 5.96. The average molecular weight is 677 g/mol. The fraction of sp³-hybridized carbons (Fsp3) is 0.640. The largest absolute Gasteiger partial charge is 0.480 e. The van der Waals surface area contributed by atoms with Crippen LogP contribution in [0.4, 0.5) is 0 Å². The van der Waals surface area contributed by atoms with Gasteiger partial charge in [0.05, 0.1) is 38.8 Å². The van der Waals surface area contributed by atoms with E-state index < -0.39 is 116 Å². The summed E-state index contributed by atoms with van der Waals surface area (Å²) in [5.41, 5.74) is 21.2. The van der Waals surface area contributed by atoms with Gasteiger partial charge < -0.3 is 70.2 Å². The van der Waals surface area contributed by atoms with Crippen molar-refractivity contribution in [3.63, 3.8) is 0 Å². The van der Waals surface area contributed by atoms with Crippen molar-refractivity contribution in [1.82, 2.24) is 31.9 Å². The Kier molecular flexibility index (Phi) is 20.2. The summed E-state index contributed by atoms with van der Waals surface area (Å²) in [6.07, 6.45) is -0.0300. The molecule has 0 rings (SSSR count). The molecule has 0 spiro atoms. The Labute approximate surface area is 268 Å². The summed E-state index contributed by atoms with van der Waals surface area (Å²) >= 11 is 0. The van der Waals surface area contributed by atoms with E-state index in [2.05, 4.69) is 21.3 Å². The van der Waals surface area contributed by atoms with Gasteiger partial charge in [-0.2, -0.15) is 0 Å². The number of amides is 8. The number of unbranched alkanes of at least 4 members (excludes halogenated alkanes) is 1. The van der Waals surface area contributed by atoms with Crippen LogP contribution in [0.1, 0.15) is 38.5 Å². The number of hydrogen-bond acceptors (Lipinski definition) is 13. The zero-order valence-corrected chi connectivity index (χ0v) is 25.5. The molecule has 0 heterocycles. The van der Waals surface area contributed by atoms with Crippen molar-refractivity contribution in [3.05, 3.63) is 0 Å². The molecule has 0 radical (unpaired) electrons. The average Bonchev–Trinajstić information content (AvgIpc) is 3.00. The van der Waals surface area contributed by atoms with Crippen LogP contribution < -0.4 is 54.8 Å². The van der Waals surface area contributed by atoms with Crippen LogP contribution in [0.3, 0.4) is 0 Å². The minimum Gasteiger partial charge on any atom is -0.480 e. The van der Waals surface area contributed by atoms with Crippen molar-refractivity contribution in [3.8, 4) is 0 Å². The first-order chi connectivity index (χ1) is 22.1. The van der Waals surface area contributed by atoms with E-state index >= 15 is 0 Å². The Hall–Kier alpha value is -4.93. The topological polar surface area (TPSA) is 391 Å². The standard InChI is InChI=1S/C25H44N10O12/c26-6-2-1-3-12(27)21(42)35-16(11-37)24(45)33-13(4-5-17(28)38)22(43)31-8-19(40)30-9-20(41)32-15(10-36)23(44)34-14(25(46)47)7-18(29)39/h12-16,36-37H,1-11,26-27H2,(H2,28,38)(H2,29,39)(H,30,40)(H,31,43)(H,32,41)(H,33,45)(H,34,44)(H,35,42)(H,46,47). The lowest BCUT2D eigenvalue weighted by Crippen LogP contribution is -2.57. The predicted molar refractivity (Wildman–Crippen MR) is 159 cm³/mol. The number of aliphatic hydroxyl groups is 2. The van der Waals surface area contributed by atoms with Crippen LogP contribution in [-0.4, -0.2) is 132 Å². The number of aliphatic hydroxyl groups excluding tert-OH is 2. The second kappa shape index (κ2) is 22.6. The second-order valence-corrected chi connectivity index (χ2v) is 10.1. The van der Waals surface area contributed by atoms with Gasteiger partial charge in [-0.3, -0.25) is 38.4 Å². The minimum atomic E-state index is -1.73. The number of carboxylic acid groups (broad SMARTS) is 1. The number of rotatable bonds is 24. The molecule has 8 amide bonds. The van der Waals surface area contributed by atoms with Crippen molar-refractivity contribution in [2.45, 2.75) is 68.7 Å². The molecule has 22 nitrogen and oxygen atoms in total. The normalized spacial score (nSPS) is 13.8. The van der Waals surface area contributed by atoms with Gasteiger partial charge in [-0.05, 0) is 25.8 Å². The number of carbonyl (C=O) groups is 9. The lowest BCUT2D eigenvalue weighted by molar-refractivity contribution is -0.144. The van der Waals surface area contributed by atoms with E-state index in [1.807, 2.05) is 10.6 Å². The van der Waals surface area contributed by atoms with Crippen LogP contribution in [0.2, 0.25) is 0 Å². The Balaban J connectivity index is 5.09. The maximum atomic E-state index is 12.7. The highest BCUT2D eigenvalue weighted by atomic mass is 16.4. The molecule has 0 bridgehead atoms. The van der Waals surface area contributed by atoms with Crippen LogP contribution in [0.15, 0.2) is 0 Å². The Morgan fingerprint density at radius 3 is 1.64 bits per heavy atom. The van der Waals surface area contributed by atoms with Gasteiger partial charge in [-0.25, -0.2) is 4.79 Å². The molecule has 0 aromatic rings. The molecule has 0 aromatic carbocycles. The smallest absolute Gasteiger partial charge is 0.326 e. The van der Waals surface area contributed by atoms with Crippen LogP contribution in [-0.2, 0) is 43.2 Å². The molecule has 47 heavy (non-hydrogen) atoms. The second-order valence-electron chi connectivity index (χ2n) is 10.1. The molecule has 0 aliphatic carbocycles. The van der Waals surface area contributed by atoms with E-state index in [1.54, 1.807) is 0 Å². The van der Waals surface area contributed by atoms with E-state index in [0.717, 1.165) is 0 Å². The summed E-state index contributed by atoms with van der Waals surface area (Å²) in [6.45, 7) is -2.97. The third-order valence-corrected chi connectivity index (χ3v) is 6.16. The lowest BCUT2D eigenvalue weighted by Gasteiger charge is -2.23. The first-order valence-electron chi connectivity index (χ1n) is 14.3. The third kappa shape index (κ3) is 18.0. The zero-order chi connectivity index (χ0) is 36.1. The van der Waals surface area contributed by atoms with Crippen LogP contribution in [0.25, 0.3) is 0 Å². The summed E-state index contributed by atoms with van der Waals surface area (Å²) < 4.78 is 0. The van der Waals surface area contributed by atoms with Gasteiger partial charge in [0.15, 0.2) is 0 Å². The Morgan fingerprint density at radius 2 is 1.13 bits per heavy atom. The monoisotopic (exact) mass is 676 g/mol. The van der Waals surface area contributed by atoms with E-state index in [9.17, 15) is 53.4 Å². The summed E-state index contributed by atoms with van der Waals surface area (Å²) in [4.78, 5) is 108. The Bertz CT molecular complexity index is 1140. The number of hydrogen-bond donors (Lipinski definition) is 13. The van der Waals surface area contributed by atoms with Crippen LogP contribution in [0.5, 0.6) is 0 Å². The summed E-state index contributed by atoms with van der Waals surface area (Å²) in [5.74, 6) is -9.28. The summed E-state index contributed by atoms with van der Waals surface area (Å²) in [6, 6.07) is -7.36. The molecule has 0 fully saturated rings. The van der Waals surface area contributed by atoms with Crippen molar-refractivity contribution >= 4 is 53.2 Å². The third-order valence-electron chi connectivity index (χ3n) is 6.16. The first-order valence-corrected chi connectivity index (χ1v) is 14.3. The molecule has 5 atom stereocenters. The number of carboxylic acids is 1. The Morgan fingerprint density at radius 1 is 0.596 bits per heavy atom. The van der Waals surface area contributed by atoms with Gasteiger partial charge in [0, 0.05) is 6.42 Å². The van der Waals surface area contributed by atoms with Gasteiger partial charge >= 0.3 is 5.97 Å². The maximum absolute atomic E-state index is 12.7. The van der Waals surface area contributed by atoms with Crippen molar-refractivity contribution < 1.29 is 58.5 Å². The molecular formula is C25H44N10O12. The molecule has 266 valence electrons. The van der Waals surface area contributed by atoms with E-state index in [-0.39, 0.29) is 19.3 Å². The molecule has 0 aromatic heterocycles. The number of carbonyl (C=O) groups excluding carboxylic acids is 8. The van der Waals surface area contributed by atoms with Gasteiger partial charge in [0.1, 0.15) is 24.2 Å². The predicted octanol–water partition coefficient (Wildman–Crippen LogP) is -8.18. The van der Waals surface area contributed by atoms with Gasteiger partial charge in [-0.1, -0.05) is 6.42 Å². The fourth-order valence-corrected chi connectivity index (χ4v) is 3.59. The van der Waals surface area contributed by atoms with Crippen molar-refractivity contribution in [2.75, 3.05) is 32.8 Å². The molecule has 0 saturated carbocycles. The highest BCUT2D eigenvalue weighted by Crippen LogP contribution is 2.01. The van der Waals surface area contributed by atoms with E-state index in [4.69, 9.17) is 28.0 Å². The molecule has 22 heteroatoms. The maximum Gasteiger partial charge on any atom is 0.326 e. The summed E-state index contributed by atoms with van der Waals surface area (Å²) in [5, 5.41) is 40.8.